The highest BCUT2D eigenvalue weighted by molar-refractivity contribution is 6.32. The van der Waals surface area contributed by atoms with Crippen LogP contribution in [0, 0.1) is 10.1 Å². The average Bonchev–Trinajstić information content (AvgIpc) is 2.62. The van der Waals surface area contributed by atoms with E-state index in [1.54, 1.807) is 0 Å². The van der Waals surface area contributed by atoms with E-state index < -0.39 is 28.6 Å². The van der Waals surface area contributed by atoms with Crippen molar-refractivity contribution in [2.75, 3.05) is 12.3 Å². The van der Waals surface area contributed by atoms with E-state index in [-0.39, 0.29) is 34.4 Å². The van der Waals surface area contributed by atoms with Crippen LogP contribution in [0.1, 0.15) is 23.7 Å². The van der Waals surface area contributed by atoms with Gasteiger partial charge in [0.15, 0.2) is 6.61 Å². The third-order valence-electron chi connectivity index (χ3n) is 3.79. The molecule has 2 N–H and O–H groups in total. The number of hydrogen-bond acceptors (Lipinski definition) is 7. The lowest BCUT2D eigenvalue weighted by Crippen LogP contribution is -2.43. The number of nitrogen functional groups attached to an aromatic ring is 1. The first-order valence-electron chi connectivity index (χ1n) is 7.88. The van der Waals surface area contributed by atoms with E-state index in [9.17, 15) is 24.5 Å². The first-order valence-corrected chi connectivity index (χ1v) is 8.26. The summed E-state index contributed by atoms with van der Waals surface area (Å²) in [5, 5.41) is 10.6. The number of ketones is 1. The Morgan fingerprint density at radius 2 is 2.04 bits per heavy atom. The second kappa shape index (κ2) is 8.04. The number of hydrogen-bond donors (Lipinski definition) is 1. The second-order valence-corrected chi connectivity index (χ2v) is 6.05. The van der Waals surface area contributed by atoms with Crippen LogP contribution < -0.4 is 21.7 Å². The Morgan fingerprint density at radius 3 is 2.59 bits per heavy atom. The highest BCUT2D eigenvalue weighted by atomic mass is 35.5. The summed E-state index contributed by atoms with van der Waals surface area (Å²) < 4.78 is 7.22. The Hall–Kier alpha value is -3.14. The zero-order valence-electron chi connectivity index (χ0n) is 14.6. The lowest BCUT2D eigenvalue weighted by Gasteiger charge is -2.14. The maximum atomic E-state index is 12.5. The number of non-ortho nitro benzene ring substituents is 1. The molecule has 0 unspecified atom stereocenters. The van der Waals surface area contributed by atoms with Crippen molar-refractivity contribution in [2.45, 2.75) is 19.9 Å². The lowest BCUT2D eigenvalue weighted by molar-refractivity contribution is -0.384. The van der Waals surface area contributed by atoms with Crippen LogP contribution in [0.2, 0.25) is 5.02 Å². The fraction of sp³-hybridized carbons (Fsp3) is 0.312. The van der Waals surface area contributed by atoms with Gasteiger partial charge in [0.1, 0.15) is 17.1 Å². The van der Waals surface area contributed by atoms with Crippen LogP contribution in [0.3, 0.4) is 0 Å². The molecule has 1 aromatic carbocycles. The fourth-order valence-electron chi connectivity index (χ4n) is 2.42. The molecule has 0 aliphatic heterocycles. The summed E-state index contributed by atoms with van der Waals surface area (Å²) in [6.07, 6.45) is 0.574. The van der Waals surface area contributed by atoms with Crippen molar-refractivity contribution in [2.24, 2.45) is 7.05 Å². The molecule has 0 bridgehead atoms. The highest BCUT2D eigenvalue weighted by Crippen LogP contribution is 2.28. The van der Waals surface area contributed by atoms with Gasteiger partial charge in [-0.05, 0) is 12.5 Å². The van der Waals surface area contributed by atoms with Crippen molar-refractivity contribution in [3.63, 3.8) is 0 Å². The van der Waals surface area contributed by atoms with Gasteiger partial charge in [-0.1, -0.05) is 18.5 Å². The molecule has 0 spiro atoms. The van der Waals surface area contributed by atoms with Crippen LogP contribution in [0.15, 0.2) is 27.8 Å². The summed E-state index contributed by atoms with van der Waals surface area (Å²) in [4.78, 5) is 47.0. The van der Waals surface area contributed by atoms with Crippen LogP contribution in [0.5, 0.6) is 5.75 Å². The monoisotopic (exact) mass is 396 g/mol. The smallest absolute Gasteiger partial charge is 0.332 e. The molecule has 0 radical (unpaired) electrons. The fourth-order valence-corrected chi connectivity index (χ4v) is 2.65. The molecule has 0 saturated heterocycles. The Balaban J connectivity index is 2.33. The molecular formula is C16H17ClN4O6. The number of benzene rings is 1. The first kappa shape index (κ1) is 20.2. The van der Waals surface area contributed by atoms with Gasteiger partial charge >= 0.3 is 5.69 Å². The predicted molar refractivity (Wildman–Crippen MR) is 98.6 cm³/mol. The standard InChI is InChI=1S/C16H17ClN4O6/c1-3-6-20-14(18)13(15(23)19(2)16(20)24)11(22)8-27-12-5-4-9(21(25)26)7-10(12)17/h4-5,7H,3,6,8,18H2,1-2H3. The molecule has 2 aromatic rings. The molecule has 27 heavy (non-hydrogen) atoms. The molecule has 0 amide bonds. The summed E-state index contributed by atoms with van der Waals surface area (Å²) in [6, 6.07) is 3.49. The van der Waals surface area contributed by atoms with Crippen molar-refractivity contribution < 1.29 is 14.5 Å². The van der Waals surface area contributed by atoms with E-state index in [1.165, 1.54) is 19.2 Å². The number of rotatable bonds is 7. The Morgan fingerprint density at radius 1 is 1.37 bits per heavy atom. The number of Topliss-reactive ketones (excluding diaryl/α,β-unsaturated/α-hetero) is 1. The van der Waals surface area contributed by atoms with Gasteiger partial charge in [-0.3, -0.25) is 28.8 Å². The minimum Gasteiger partial charge on any atom is -0.484 e. The van der Waals surface area contributed by atoms with Gasteiger partial charge in [-0.15, -0.1) is 0 Å². The van der Waals surface area contributed by atoms with E-state index in [2.05, 4.69) is 0 Å². The van der Waals surface area contributed by atoms with Gasteiger partial charge in [0.05, 0.1) is 9.95 Å². The molecule has 0 atom stereocenters. The number of nitro benzene ring substituents is 1. The number of halogens is 1. The molecule has 144 valence electrons. The lowest BCUT2D eigenvalue weighted by atomic mass is 10.2. The minimum absolute atomic E-state index is 0.0351. The summed E-state index contributed by atoms with van der Waals surface area (Å²) in [7, 11) is 1.25. The number of carbonyl (C=O) groups is 1. The number of nitrogens with two attached hydrogens (primary N) is 1. The topological polar surface area (TPSA) is 139 Å². The SMILES string of the molecule is CCCn1c(N)c(C(=O)COc2ccc([N+](=O)[O-])cc2Cl)c(=O)n(C)c1=O. The van der Waals surface area contributed by atoms with Crippen LogP contribution in [-0.4, -0.2) is 26.4 Å². The van der Waals surface area contributed by atoms with Crippen LogP contribution >= 0.6 is 11.6 Å². The van der Waals surface area contributed by atoms with E-state index in [4.69, 9.17) is 22.1 Å². The number of carbonyl (C=O) groups excluding carboxylic acids is 1. The molecule has 11 heteroatoms. The van der Waals surface area contributed by atoms with Gasteiger partial charge in [0.2, 0.25) is 5.78 Å². The van der Waals surface area contributed by atoms with E-state index in [1.807, 2.05) is 6.92 Å². The normalized spacial score (nSPS) is 10.6. The zero-order valence-corrected chi connectivity index (χ0v) is 15.4. The van der Waals surface area contributed by atoms with E-state index in [0.717, 1.165) is 15.2 Å². The molecule has 0 fully saturated rings. The third-order valence-corrected chi connectivity index (χ3v) is 4.09. The highest BCUT2D eigenvalue weighted by Gasteiger charge is 2.22. The number of anilines is 1. The number of nitro groups is 1. The first-order chi connectivity index (χ1) is 12.7. The van der Waals surface area contributed by atoms with Crippen LogP contribution in [-0.2, 0) is 13.6 Å². The summed E-state index contributed by atoms with van der Waals surface area (Å²) >= 11 is 5.90. The van der Waals surface area contributed by atoms with Gasteiger partial charge in [0, 0.05) is 25.7 Å². The maximum absolute atomic E-state index is 12.5. The van der Waals surface area contributed by atoms with Crippen molar-refractivity contribution in [3.8, 4) is 5.75 Å². The van der Waals surface area contributed by atoms with Crippen LogP contribution in [0.4, 0.5) is 11.5 Å². The molecule has 10 nitrogen and oxygen atoms in total. The molecular weight excluding hydrogens is 380 g/mol. The Labute approximate surface area is 157 Å². The number of nitrogens with zero attached hydrogens (tertiary/aromatic N) is 3. The van der Waals surface area contributed by atoms with Crippen LogP contribution in [0.25, 0.3) is 0 Å². The number of ether oxygens (including phenoxy) is 1. The van der Waals surface area contributed by atoms with Crippen molar-refractivity contribution >= 4 is 28.9 Å². The number of aromatic nitrogens is 2. The largest absolute Gasteiger partial charge is 0.484 e. The third kappa shape index (κ3) is 4.00. The van der Waals surface area contributed by atoms with E-state index in [0.29, 0.717) is 6.42 Å². The Kier molecular flexibility index (Phi) is 6.01. The predicted octanol–water partition coefficient (Wildman–Crippen LogP) is 1.36. The maximum Gasteiger partial charge on any atom is 0.332 e. The zero-order chi connectivity index (χ0) is 20.3. The molecule has 0 aliphatic carbocycles. The van der Waals surface area contributed by atoms with Crippen molar-refractivity contribution in [1.29, 1.82) is 0 Å². The Bertz CT molecular complexity index is 1030. The second-order valence-electron chi connectivity index (χ2n) is 5.64. The van der Waals surface area contributed by atoms with Crippen molar-refractivity contribution in [1.82, 2.24) is 9.13 Å². The molecule has 1 aromatic heterocycles. The van der Waals surface area contributed by atoms with Gasteiger partial charge in [-0.25, -0.2) is 4.79 Å². The van der Waals surface area contributed by atoms with Gasteiger partial charge in [-0.2, -0.15) is 0 Å². The molecule has 0 aliphatic rings. The summed E-state index contributed by atoms with van der Waals surface area (Å²) in [5.41, 5.74) is 3.83. The molecule has 1 heterocycles. The average molecular weight is 397 g/mol. The van der Waals surface area contributed by atoms with Crippen molar-refractivity contribution in [3.05, 3.63) is 59.7 Å². The quantitative estimate of drug-likeness (QED) is 0.423. The molecule has 0 saturated carbocycles. The minimum atomic E-state index is -0.826. The summed E-state index contributed by atoms with van der Waals surface area (Å²) in [5.74, 6) is -0.936. The van der Waals surface area contributed by atoms with E-state index >= 15 is 0 Å². The summed E-state index contributed by atoms with van der Waals surface area (Å²) in [6.45, 7) is 1.48. The molecule has 2 rings (SSSR count). The van der Waals surface area contributed by atoms with Gasteiger partial charge < -0.3 is 10.5 Å². The van der Waals surface area contributed by atoms with Gasteiger partial charge in [0.25, 0.3) is 11.2 Å².